The van der Waals surface area contributed by atoms with Crippen LogP contribution in [0.1, 0.15) is 35.3 Å². The molecule has 164 valence electrons. The molecule has 2 amide bonds. The minimum absolute atomic E-state index is 0.0480. The Hall–Kier alpha value is -3.48. The van der Waals surface area contributed by atoms with Crippen molar-refractivity contribution in [3.05, 3.63) is 69.9 Å². The fraction of sp³-hybridized carbons (Fsp3) is 0.273. The molecule has 3 aliphatic carbocycles. The highest BCUT2D eigenvalue weighted by atomic mass is 35.5. The molecule has 0 radical (unpaired) electrons. The summed E-state index contributed by atoms with van der Waals surface area (Å²) in [6.07, 6.45) is 1.60. The lowest BCUT2D eigenvalue weighted by molar-refractivity contribution is -0.123. The molecule has 8 nitrogen and oxygen atoms in total. The van der Waals surface area contributed by atoms with Crippen LogP contribution >= 0.6 is 11.6 Å². The number of aliphatic hydroxyl groups excluding tert-OH is 1. The van der Waals surface area contributed by atoms with Crippen LogP contribution in [0.2, 0.25) is 5.02 Å². The van der Waals surface area contributed by atoms with Gasteiger partial charge in [0.25, 0.3) is 11.8 Å². The maximum atomic E-state index is 13.5. The number of carbonyl (C=O) groups is 2. The summed E-state index contributed by atoms with van der Waals surface area (Å²) in [7, 11) is 0. The highest BCUT2D eigenvalue weighted by Crippen LogP contribution is 2.47. The fourth-order valence-electron chi connectivity index (χ4n) is 3.95. The van der Waals surface area contributed by atoms with E-state index in [1.165, 1.54) is 30.5 Å². The molecule has 2 bridgehead atoms. The molecule has 1 fully saturated rings. The zero-order valence-corrected chi connectivity index (χ0v) is 17.4. The number of hydrogen-bond acceptors (Lipinski definition) is 6. The zero-order valence-electron chi connectivity index (χ0n) is 16.7. The lowest BCUT2D eigenvalue weighted by Gasteiger charge is -2.51. The molecule has 0 saturated heterocycles. The van der Waals surface area contributed by atoms with E-state index < -0.39 is 29.3 Å². The molecule has 32 heavy (non-hydrogen) atoms. The Kier molecular flexibility index (Phi) is 5.82. The number of carbonyl (C=O) groups excluding carboxylic acids is 2. The van der Waals surface area contributed by atoms with E-state index >= 15 is 0 Å². The topological polar surface area (TPSA) is 124 Å². The lowest BCUT2D eigenvalue weighted by Crippen LogP contribution is -2.61. The number of rotatable bonds is 6. The minimum atomic E-state index is -0.969. The van der Waals surface area contributed by atoms with Gasteiger partial charge >= 0.3 is 0 Å². The molecular weight excluding hydrogens is 439 g/mol. The van der Waals surface area contributed by atoms with Crippen molar-refractivity contribution in [2.45, 2.75) is 30.9 Å². The maximum Gasteiger partial charge on any atom is 0.270 e. The van der Waals surface area contributed by atoms with Crippen LogP contribution in [0, 0.1) is 17.1 Å². The van der Waals surface area contributed by atoms with E-state index in [2.05, 4.69) is 15.6 Å². The number of halogens is 2. The van der Waals surface area contributed by atoms with Crippen LogP contribution in [0.3, 0.4) is 0 Å². The van der Waals surface area contributed by atoms with Gasteiger partial charge in [0.2, 0.25) is 0 Å². The Morgan fingerprint density at radius 2 is 2.12 bits per heavy atom. The number of hydrogen-bond donors (Lipinski definition) is 3. The quantitative estimate of drug-likeness (QED) is 0.612. The SMILES string of the molecule is N#Cc1ccnc(C(=O)NC23CC(=C(NC(=O)COc4ccc(Cl)c(F)c4)C(O)C2)C3)c1. The molecule has 10 heteroatoms. The lowest BCUT2D eigenvalue weighted by atomic mass is 9.63. The van der Waals surface area contributed by atoms with Crippen LogP contribution in [-0.4, -0.2) is 40.2 Å². The number of amides is 2. The second-order valence-electron chi connectivity index (χ2n) is 7.78. The molecule has 1 unspecified atom stereocenters. The number of ether oxygens (including phenoxy) is 1. The van der Waals surface area contributed by atoms with E-state index in [1.807, 2.05) is 6.07 Å². The van der Waals surface area contributed by atoms with Crippen LogP contribution in [0.5, 0.6) is 5.75 Å². The number of nitrogens with one attached hydrogen (secondary N) is 2. The molecule has 2 aromatic rings. The van der Waals surface area contributed by atoms with Gasteiger partial charge in [-0.05, 0) is 42.7 Å². The third-order valence-corrected chi connectivity index (χ3v) is 5.74. The van der Waals surface area contributed by atoms with E-state index in [4.69, 9.17) is 21.6 Å². The largest absolute Gasteiger partial charge is 0.484 e. The van der Waals surface area contributed by atoms with Crippen molar-refractivity contribution in [3.63, 3.8) is 0 Å². The van der Waals surface area contributed by atoms with Gasteiger partial charge < -0.3 is 20.5 Å². The Balaban J connectivity index is 1.35. The number of aliphatic hydroxyl groups is 1. The van der Waals surface area contributed by atoms with Gasteiger partial charge in [0.1, 0.15) is 17.3 Å². The third kappa shape index (κ3) is 4.42. The van der Waals surface area contributed by atoms with Crippen LogP contribution in [0.4, 0.5) is 4.39 Å². The van der Waals surface area contributed by atoms with E-state index in [0.717, 1.165) is 11.6 Å². The number of pyridine rings is 1. The summed E-state index contributed by atoms with van der Waals surface area (Å²) in [6.45, 7) is -0.368. The summed E-state index contributed by atoms with van der Waals surface area (Å²) in [4.78, 5) is 28.8. The summed E-state index contributed by atoms with van der Waals surface area (Å²) in [5.41, 5.74) is 1.06. The summed E-state index contributed by atoms with van der Waals surface area (Å²) in [5.74, 6) is -1.42. The highest BCUT2D eigenvalue weighted by molar-refractivity contribution is 6.30. The Morgan fingerprint density at radius 3 is 2.81 bits per heavy atom. The molecule has 1 aromatic heterocycles. The van der Waals surface area contributed by atoms with Gasteiger partial charge in [0.15, 0.2) is 6.61 Å². The summed E-state index contributed by atoms with van der Waals surface area (Å²) in [5, 5.41) is 25.0. The van der Waals surface area contributed by atoms with E-state index in [-0.39, 0.29) is 29.5 Å². The first-order valence-electron chi connectivity index (χ1n) is 9.75. The van der Waals surface area contributed by atoms with Gasteiger partial charge in [-0.15, -0.1) is 0 Å². The Bertz CT molecular complexity index is 1170. The highest BCUT2D eigenvalue weighted by Gasteiger charge is 2.50. The van der Waals surface area contributed by atoms with Crippen molar-refractivity contribution in [3.8, 4) is 11.8 Å². The number of fused-ring (bicyclic) bond motifs is 2. The predicted molar refractivity (Wildman–Crippen MR) is 111 cm³/mol. The van der Waals surface area contributed by atoms with Gasteiger partial charge in [0.05, 0.1) is 28.3 Å². The van der Waals surface area contributed by atoms with Crippen molar-refractivity contribution in [2.75, 3.05) is 6.61 Å². The second kappa shape index (κ2) is 8.57. The predicted octanol–water partition coefficient (Wildman–Crippen LogP) is 2.22. The second-order valence-corrected chi connectivity index (χ2v) is 8.19. The molecule has 1 heterocycles. The average Bonchev–Trinajstić information content (AvgIpc) is 2.75. The normalized spacial score (nSPS) is 21.2. The Morgan fingerprint density at radius 1 is 1.34 bits per heavy atom. The summed E-state index contributed by atoms with van der Waals surface area (Å²) < 4.78 is 18.7. The van der Waals surface area contributed by atoms with Gasteiger partial charge in [-0.25, -0.2) is 4.39 Å². The molecule has 1 aromatic carbocycles. The first kappa shape index (κ1) is 21.7. The monoisotopic (exact) mass is 456 g/mol. The standard InChI is InChI=1S/C22H18ClFN4O4/c23-15-2-1-14(6-16(15)24)32-11-19(30)27-20-13-7-22(8-13,9-18(20)29)28-21(31)17-5-12(10-25)3-4-26-17/h1-6,18,29H,7-9,11H2,(H,27,30)(H,28,31). The van der Waals surface area contributed by atoms with Gasteiger partial charge in [-0.3, -0.25) is 14.6 Å². The number of benzene rings is 1. The van der Waals surface area contributed by atoms with Gasteiger partial charge in [-0.2, -0.15) is 5.26 Å². The zero-order chi connectivity index (χ0) is 22.9. The number of nitrogens with zero attached hydrogens (tertiary/aromatic N) is 2. The molecule has 1 atom stereocenters. The van der Waals surface area contributed by atoms with Crippen LogP contribution < -0.4 is 15.4 Å². The molecule has 0 aliphatic heterocycles. The Labute approximate surface area is 187 Å². The number of nitriles is 1. The molecule has 3 aliphatic rings. The van der Waals surface area contributed by atoms with Crippen molar-refractivity contribution in [1.29, 1.82) is 5.26 Å². The smallest absolute Gasteiger partial charge is 0.270 e. The summed E-state index contributed by atoms with van der Waals surface area (Å²) >= 11 is 5.61. The van der Waals surface area contributed by atoms with Gasteiger partial charge in [0, 0.05) is 24.4 Å². The van der Waals surface area contributed by atoms with E-state index in [0.29, 0.717) is 24.1 Å². The van der Waals surface area contributed by atoms with E-state index in [1.54, 1.807) is 0 Å². The first-order valence-corrected chi connectivity index (χ1v) is 10.1. The molecular formula is C22H18ClFN4O4. The van der Waals surface area contributed by atoms with Crippen molar-refractivity contribution >= 4 is 23.4 Å². The molecule has 3 N–H and O–H groups in total. The molecule has 0 spiro atoms. The fourth-order valence-corrected chi connectivity index (χ4v) is 4.07. The van der Waals surface area contributed by atoms with Crippen LogP contribution in [-0.2, 0) is 4.79 Å². The summed E-state index contributed by atoms with van der Waals surface area (Å²) in [6, 6.07) is 8.72. The average molecular weight is 457 g/mol. The maximum absolute atomic E-state index is 13.5. The van der Waals surface area contributed by atoms with E-state index in [9.17, 15) is 19.1 Å². The molecule has 5 rings (SSSR count). The van der Waals surface area contributed by atoms with Crippen molar-refractivity contribution in [2.24, 2.45) is 0 Å². The van der Waals surface area contributed by atoms with Crippen molar-refractivity contribution in [1.82, 2.24) is 15.6 Å². The van der Waals surface area contributed by atoms with Gasteiger partial charge in [-0.1, -0.05) is 11.6 Å². The first-order chi connectivity index (χ1) is 15.3. The molecule has 1 saturated carbocycles. The number of aromatic nitrogens is 1. The van der Waals surface area contributed by atoms with Crippen molar-refractivity contribution < 1.29 is 23.8 Å². The third-order valence-electron chi connectivity index (χ3n) is 5.44. The van der Waals surface area contributed by atoms with Crippen LogP contribution in [0.25, 0.3) is 0 Å². The van der Waals surface area contributed by atoms with Crippen LogP contribution in [0.15, 0.2) is 47.8 Å². The minimum Gasteiger partial charge on any atom is -0.484 e.